The molecule has 0 aromatic heterocycles. The summed E-state index contributed by atoms with van der Waals surface area (Å²) >= 11 is 11.4. The van der Waals surface area contributed by atoms with Gasteiger partial charge in [0.1, 0.15) is 12.4 Å². The van der Waals surface area contributed by atoms with E-state index in [0.29, 0.717) is 49.8 Å². The zero-order chi connectivity index (χ0) is 30.8. The zero-order valence-electron chi connectivity index (χ0n) is 23.8. The summed E-state index contributed by atoms with van der Waals surface area (Å²) in [5, 5.41) is 11.1. The fourth-order valence-electron chi connectivity index (χ4n) is 4.34. The highest BCUT2D eigenvalue weighted by Crippen LogP contribution is 2.34. The highest BCUT2D eigenvalue weighted by Gasteiger charge is 2.32. The second-order valence-electron chi connectivity index (χ2n) is 9.21. The maximum absolute atomic E-state index is 12.8. The predicted molar refractivity (Wildman–Crippen MR) is 167 cm³/mol. The molecule has 0 aliphatic carbocycles. The van der Waals surface area contributed by atoms with Gasteiger partial charge in [0.2, 0.25) is 0 Å². The van der Waals surface area contributed by atoms with Crippen LogP contribution in [0.4, 0.5) is 0 Å². The van der Waals surface area contributed by atoms with Gasteiger partial charge in [-0.05, 0) is 62.0 Å². The first-order chi connectivity index (χ1) is 20.8. The van der Waals surface area contributed by atoms with Gasteiger partial charge in [0.25, 0.3) is 5.91 Å². The second-order valence-corrected chi connectivity index (χ2v) is 10.1. The molecule has 1 heterocycles. The first-order valence-corrected chi connectivity index (χ1v) is 14.1. The Morgan fingerprint density at radius 1 is 1.07 bits per heavy atom. The summed E-state index contributed by atoms with van der Waals surface area (Å²) in [4.78, 5) is 25.4. The summed E-state index contributed by atoms with van der Waals surface area (Å²) in [5.74, 6) is 0.378. The molecule has 0 bridgehead atoms. The van der Waals surface area contributed by atoms with Crippen LogP contribution >= 0.6 is 23.8 Å². The van der Waals surface area contributed by atoms with Crippen LogP contribution in [0.2, 0.25) is 5.02 Å². The monoisotopic (exact) mass is 622 g/mol. The van der Waals surface area contributed by atoms with Crippen molar-refractivity contribution in [3.63, 3.8) is 0 Å². The van der Waals surface area contributed by atoms with Gasteiger partial charge in [0, 0.05) is 21.8 Å². The average molecular weight is 623 g/mol. The number of benzene rings is 3. The number of methoxy groups -OCH3 is 1. The second kappa shape index (κ2) is 15.0. The number of hydrogen-bond acceptors (Lipinski definition) is 8. The van der Waals surface area contributed by atoms with Gasteiger partial charge in [-0.1, -0.05) is 48.0 Å². The standard InChI is InChI=1S/C31H31ClN4O6S/c1-4-40-30(38)27-19(2)34-31(43)35-28(27)23-12-5-6-13-24(23)41-18-26(37)36-33-16-21-10-8-14-25(39-3)29(21)42-17-20-9-7-11-22(32)15-20/h5-16,28H,4,17-18H2,1-3H3,(H,36,37)(H2,34,35,43)/t28-/m0/s1. The minimum absolute atomic E-state index is 0.219. The molecule has 0 spiro atoms. The van der Waals surface area contributed by atoms with Crippen LogP contribution in [0.3, 0.4) is 0 Å². The number of rotatable bonds is 12. The first-order valence-electron chi connectivity index (χ1n) is 13.3. The Labute approximate surface area is 260 Å². The molecule has 0 saturated heterocycles. The van der Waals surface area contributed by atoms with E-state index in [1.165, 1.54) is 6.21 Å². The Morgan fingerprint density at radius 3 is 2.60 bits per heavy atom. The van der Waals surface area contributed by atoms with Crippen molar-refractivity contribution in [3.8, 4) is 17.2 Å². The highest BCUT2D eigenvalue weighted by molar-refractivity contribution is 7.80. The summed E-state index contributed by atoms with van der Waals surface area (Å²) in [7, 11) is 1.54. The van der Waals surface area contributed by atoms with Gasteiger partial charge in [0.15, 0.2) is 23.2 Å². The number of esters is 1. The fourth-order valence-corrected chi connectivity index (χ4v) is 4.82. The molecule has 4 rings (SSSR count). The normalized spacial score (nSPS) is 14.5. The van der Waals surface area contributed by atoms with Crippen LogP contribution in [0, 0.1) is 0 Å². The maximum atomic E-state index is 12.8. The molecule has 0 fully saturated rings. The Hall–Kier alpha value is -4.61. The van der Waals surface area contributed by atoms with E-state index < -0.39 is 17.9 Å². The molecule has 0 radical (unpaired) electrons. The first kappa shape index (κ1) is 31.3. The van der Waals surface area contributed by atoms with Crippen LogP contribution in [-0.2, 0) is 20.9 Å². The van der Waals surface area contributed by atoms with E-state index in [2.05, 4.69) is 21.2 Å². The quantitative estimate of drug-likeness (QED) is 0.113. The number of hydrogen-bond donors (Lipinski definition) is 3. The van der Waals surface area contributed by atoms with Gasteiger partial charge >= 0.3 is 5.97 Å². The molecule has 1 aliphatic heterocycles. The SMILES string of the molecule is CCOC(=O)C1=C(C)NC(=S)N[C@H]1c1ccccc1OCC(=O)NN=Cc1cccc(OC)c1OCc1cccc(Cl)c1. The van der Waals surface area contributed by atoms with Crippen LogP contribution in [0.15, 0.2) is 83.1 Å². The van der Waals surface area contributed by atoms with Crippen molar-refractivity contribution in [1.29, 1.82) is 0 Å². The van der Waals surface area contributed by atoms with Crippen molar-refractivity contribution in [2.24, 2.45) is 5.10 Å². The Bertz CT molecular complexity index is 1560. The van der Waals surface area contributed by atoms with Crippen LogP contribution in [-0.4, -0.2) is 43.5 Å². The largest absolute Gasteiger partial charge is 0.493 e. The number of carbonyl (C=O) groups excluding carboxylic acids is 2. The molecule has 224 valence electrons. The Balaban J connectivity index is 1.43. The molecule has 3 N–H and O–H groups in total. The summed E-state index contributed by atoms with van der Waals surface area (Å²) < 4.78 is 22.6. The van der Waals surface area contributed by atoms with Crippen molar-refractivity contribution in [3.05, 3.63) is 99.7 Å². The van der Waals surface area contributed by atoms with Gasteiger partial charge in [-0.15, -0.1) is 0 Å². The van der Waals surface area contributed by atoms with Crippen molar-refractivity contribution < 1.29 is 28.5 Å². The molecule has 12 heteroatoms. The van der Waals surface area contributed by atoms with E-state index in [0.717, 1.165) is 5.56 Å². The summed E-state index contributed by atoms with van der Waals surface area (Å²) in [5.41, 5.74) is 5.49. The van der Waals surface area contributed by atoms with E-state index >= 15 is 0 Å². The average Bonchev–Trinajstić information content (AvgIpc) is 2.99. The van der Waals surface area contributed by atoms with E-state index in [9.17, 15) is 9.59 Å². The number of amides is 1. The summed E-state index contributed by atoms with van der Waals surface area (Å²) in [6.07, 6.45) is 1.46. The number of para-hydroxylation sites is 2. The number of halogens is 1. The Morgan fingerprint density at radius 2 is 1.84 bits per heavy atom. The third-order valence-electron chi connectivity index (χ3n) is 6.25. The van der Waals surface area contributed by atoms with Crippen molar-refractivity contribution in [2.45, 2.75) is 26.5 Å². The van der Waals surface area contributed by atoms with Crippen molar-refractivity contribution in [2.75, 3.05) is 20.3 Å². The summed E-state index contributed by atoms with van der Waals surface area (Å²) in [6, 6.07) is 19.1. The lowest BCUT2D eigenvalue weighted by Gasteiger charge is -2.30. The number of allylic oxidation sites excluding steroid dienone is 1. The number of nitrogens with one attached hydrogen (secondary N) is 3. The van der Waals surface area contributed by atoms with Crippen LogP contribution in [0.1, 0.15) is 36.6 Å². The molecule has 1 atom stereocenters. The molecule has 3 aromatic carbocycles. The van der Waals surface area contributed by atoms with Gasteiger partial charge in [0.05, 0.1) is 31.5 Å². The Kier molecular flexibility index (Phi) is 11.0. The van der Waals surface area contributed by atoms with E-state index in [4.69, 9.17) is 42.8 Å². The van der Waals surface area contributed by atoms with Gasteiger partial charge in [-0.2, -0.15) is 5.10 Å². The molecule has 3 aromatic rings. The van der Waals surface area contributed by atoms with E-state index in [1.807, 2.05) is 18.2 Å². The zero-order valence-corrected chi connectivity index (χ0v) is 25.4. The number of ether oxygens (including phenoxy) is 4. The lowest BCUT2D eigenvalue weighted by molar-refractivity contribution is -0.139. The van der Waals surface area contributed by atoms with Crippen LogP contribution < -0.4 is 30.3 Å². The van der Waals surface area contributed by atoms with E-state index in [-0.39, 0.29) is 19.8 Å². The molecule has 0 saturated carbocycles. The van der Waals surface area contributed by atoms with Gasteiger partial charge in [-0.25, -0.2) is 10.2 Å². The topological polar surface area (TPSA) is 120 Å². The molecule has 1 amide bonds. The smallest absolute Gasteiger partial charge is 0.338 e. The lowest BCUT2D eigenvalue weighted by Crippen LogP contribution is -2.45. The molecular formula is C31H31ClN4O6S. The van der Waals surface area contributed by atoms with Gasteiger partial charge in [-0.3, -0.25) is 4.79 Å². The third-order valence-corrected chi connectivity index (χ3v) is 6.70. The summed E-state index contributed by atoms with van der Waals surface area (Å²) in [6.45, 7) is 3.62. The molecule has 1 aliphatic rings. The van der Waals surface area contributed by atoms with Crippen LogP contribution in [0.25, 0.3) is 0 Å². The molecule has 10 nitrogen and oxygen atoms in total. The molecule has 0 unspecified atom stereocenters. The molecular weight excluding hydrogens is 592 g/mol. The van der Waals surface area contributed by atoms with E-state index in [1.54, 1.807) is 69.5 Å². The number of nitrogens with zero attached hydrogens (tertiary/aromatic N) is 1. The van der Waals surface area contributed by atoms with Crippen molar-refractivity contribution in [1.82, 2.24) is 16.1 Å². The highest BCUT2D eigenvalue weighted by atomic mass is 35.5. The minimum Gasteiger partial charge on any atom is -0.493 e. The minimum atomic E-state index is -0.636. The van der Waals surface area contributed by atoms with Crippen molar-refractivity contribution >= 4 is 47.0 Å². The third kappa shape index (κ3) is 8.24. The van der Waals surface area contributed by atoms with Gasteiger partial charge < -0.3 is 29.6 Å². The lowest BCUT2D eigenvalue weighted by atomic mass is 9.95. The van der Waals surface area contributed by atoms with Crippen LogP contribution in [0.5, 0.6) is 17.2 Å². The number of thiocarbonyl (C=S) groups is 1. The predicted octanol–water partition coefficient (Wildman–Crippen LogP) is 4.81. The number of carbonyl (C=O) groups is 2. The maximum Gasteiger partial charge on any atom is 0.338 e. The number of hydrazone groups is 1. The fraction of sp³-hybridized carbons (Fsp3) is 0.226. The molecule has 43 heavy (non-hydrogen) atoms.